The molecule has 3 nitrogen and oxygen atoms in total. The third-order valence-electron chi connectivity index (χ3n) is 1.18. The molecule has 1 saturated heterocycles. The number of carbonyl (C=O) groups is 2. The molecule has 0 aromatic carbocycles. The highest BCUT2D eigenvalue weighted by atomic mass is 35.5. The highest BCUT2D eigenvalue weighted by Gasteiger charge is 2.20. The summed E-state index contributed by atoms with van der Waals surface area (Å²) in [5, 5.41) is 2.89. The van der Waals surface area contributed by atoms with Crippen molar-refractivity contribution < 1.29 is 9.59 Å². The summed E-state index contributed by atoms with van der Waals surface area (Å²) in [6.07, 6.45) is 0.379. The highest BCUT2D eigenvalue weighted by molar-refractivity contribution is 7.99. The van der Waals surface area contributed by atoms with Crippen LogP contribution in [-0.2, 0) is 9.59 Å². The van der Waals surface area contributed by atoms with E-state index in [-0.39, 0.29) is 36.6 Å². The van der Waals surface area contributed by atoms with Crippen LogP contribution in [0.15, 0.2) is 0 Å². The van der Waals surface area contributed by atoms with E-state index in [9.17, 15) is 9.59 Å². The van der Waals surface area contributed by atoms with Crippen LogP contribution in [0.5, 0.6) is 0 Å². The summed E-state index contributed by atoms with van der Waals surface area (Å²) in [6.45, 7) is 0. The number of rotatable bonds is 2. The Balaban J connectivity index is 0. The Labute approximate surface area is 81.5 Å². The molecule has 1 aliphatic rings. The minimum absolute atomic E-state index is 0. The second-order valence-electron chi connectivity index (χ2n) is 1.79. The van der Waals surface area contributed by atoms with Crippen LogP contribution in [0.25, 0.3) is 0 Å². The molecule has 1 heterocycles. The van der Waals surface area contributed by atoms with Crippen LogP contribution in [0.4, 0.5) is 0 Å². The minimum Gasteiger partial charge on any atom is -0.297 e. The molecule has 0 aromatic rings. The van der Waals surface area contributed by atoms with Crippen molar-refractivity contribution in [2.45, 2.75) is 6.04 Å². The Morgan fingerprint density at radius 3 is 2.55 bits per heavy atom. The summed E-state index contributed by atoms with van der Waals surface area (Å²) in [5.74, 6) is 1.18. The molecule has 0 saturated carbocycles. The summed E-state index contributed by atoms with van der Waals surface area (Å²) in [5.41, 5.74) is 0. The normalized spacial score (nSPS) is 21.3. The zero-order valence-corrected chi connectivity index (χ0v) is 8.06. The molecular formula is C5H9Cl2NO2S. The van der Waals surface area contributed by atoms with Gasteiger partial charge in [0, 0.05) is 11.6 Å². The van der Waals surface area contributed by atoms with Gasteiger partial charge < -0.3 is 0 Å². The summed E-state index contributed by atoms with van der Waals surface area (Å²) in [6, 6.07) is -0.215. The molecule has 0 bridgehead atoms. The van der Waals surface area contributed by atoms with Gasteiger partial charge in [-0.25, -0.2) is 0 Å². The Bertz CT molecular complexity index is 138. The van der Waals surface area contributed by atoms with Crippen molar-refractivity contribution in [1.82, 2.24) is 5.32 Å². The van der Waals surface area contributed by atoms with Gasteiger partial charge in [0.05, 0.1) is 6.04 Å². The van der Waals surface area contributed by atoms with E-state index in [0.717, 1.165) is 11.6 Å². The van der Waals surface area contributed by atoms with Gasteiger partial charge in [-0.3, -0.25) is 14.9 Å². The van der Waals surface area contributed by atoms with Crippen LogP contribution in [0.2, 0.25) is 0 Å². The van der Waals surface area contributed by atoms with E-state index in [1.807, 2.05) is 0 Å². The molecule has 0 amide bonds. The Hall–Kier alpha value is 0.230. The van der Waals surface area contributed by atoms with Crippen LogP contribution in [0.3, 0.4) is 0 Å². The Morgan fingerprint density at radius 1 is 1.55 bits per heavy atom. The molecule has 1 fully saturated rings. The minimum atomic E-state index is -0.333. The molecule has 0 aliphatic carbocycles. The largest absolute Gasteiger partial charge is 0.297 e. The fourth-order valence-electron chi connectivity index (χ4n) is 0.660. The van der Waals surface area contributed by atoms with Crippen molar-refractivity contribution >= 4 is 48.6 Å². The molecule has 1 N–H and O–H groups in total. The summed E-state index contributed by atoms with van der Waals surface area (Å²) >= 11 is 1.64. The third-order valence-corrected chi connectivity index (χ3v) is 2.12. The number of hydrogen-bond donors (Lipinski definition) is 1. The van der Waals surface area contributed by atoms with Gasteiger partial charge in [-0.05, 0) is 0 Å². The van der Waals surface area contributed by atoms with Crippen molar-refractivity contribution in [1.29, 1.82) is 0 Å². The fourth-order valence-corrected chi connectivity index (χ4v) is 1.61. The lowest BCUT2D eigenvalue weighted by Crippen LogP contribution is -2.33. The first-order valence-electron chi connectivity index (χ1n) is 2.65. The molecule has 0 radical (unpaired) electrons. The second-order valence-corrected chi connectivity index (χ2v) is 2.82. The van der Waals surface area contributed by atoms with Crippen molar-refractivity contribution in [3.05, 3.63) is 0 Å². The molecule has 0 aromatic heterocycles. The van der Waals surface area contributed by atoms with Crippen LogP contribution in [0, 0.1) is 0 Å². The number of carbonyl (C=O) groups excluding carboxylic acids is 2. The molecule has 66 valence electrons. The average molecular weight is 218 g/mol. The maximum Gasteiger partial charge on any atom is 0.212 e. The van der Waals surface area contributed by atoms with Crippen LogP contribution in [0.1, 0.15) is 0 Å². The number of ketones is 1. The zero-order valence-electron chi connectivity index (χ0n) is 5.61. The molecule has 1 unspecified atom stereocenters. The van der Waals surface area contributed by atoms with Gasteiger partial charge in [-0.1, -0.05) is 0 Å². The smallest absolute Gasteiger partial charge is 0.212 e. The van der Waals surface area contributed by atoms with E-state index in [0.29, 0.717) is 6.29 Å². The summed E-state index contributed by atoms with van der Waals surface area (Å²) < 4.78 is 0. The lowest BCUT2D eigenvalue weighted by atomic mass is 10.2. The zero-order chi connectivity index (χ0) is 6.69. The topological polar surface area (TPSA) is 46.2 Å². The predicted molar refractivity (Wildman–Crippen MR) is 49.8 cm³/mol. The molecule has 11 heavy (non-hydrogen) atoms. The fraction of sp³-hybridized carbons (Fsp3) is 0.600. The van der Waals surface area contributed by atoms with Gasteiger partial charge in [0.15, 0.2) is 6.29 Å². The van der Waals surface area contributed by atoms with Crippen LogP contribution >= 0.6 is 36.6 Å². The summed E-state index contributed by atoms with van der Waals surface area (Å²) in [7, 11) is 0. The first-order chi connectivity index (χ1) is 4.34. The van der Waals surface area contributed by atoms with Gasteiger partial charge in [0.1, 0.15) is 0 Å². The van der Waals surface area contributed by atoms with E-state index in [1.165, 1.54) is 0 Å². The Morgan fingerprint density at radius 2 is 2.18 bits per heavy atom. The third kappa shape index (κ3) is 3.96. The number of thioether (sulfide) groups is 1. The van der Waals surface area contributed by atoms with E-state index in [2.05, 4.69) is 5.32 Å². The first-order valence-corrected chi connectivity index (χ1v) is 3.80. The molecule has 1 rings (SSSR count). The lowest BCUT2D eigenvalue weighted by molar-refractivity contribution is -0.130. The van der Waals surface area contributed by atoms with Crippen LogP contribution in [-0.4, -0.2) is 29.7 Å². The average Bonchev–Trinajstić information content (AvgIpc) is 2.37. The van der Waals surface area contributed by atoms with Gasteiger partial charge in [-0.2, -0.15) is 0 Å². The molecule has 1 aliphatic heterocycles. The van der Waals surface area contributed by atoms with E-state index in [1.54, 1.807) is 11.8 Å². The number of Topliss-reactive ketones (excluding diaryl/α,β-unsaturated/α-hetero) is 1. The maximum absolute atomic E-state index is 10.6. The highest BCUT2D eigenvalue weighted by Crippen LogP contribution is 2.08. The van der Waals surface area contributed by atoms with Gasteiger partial charge in [0.25, 0.3) is 0 Å². The van der Waals surface area contributed by atoms with E-state index >= 15 is 0 Å². The quantitative estimate of drug-likeness (QED) is 0.533. The Kier molecular flexibility index (Phi) is 8.67. The summed E-state index contributed by atoms with van der Waals surface area (Å²) in [4.78, 5) is 20.5. The molecular weight excluding hydrogens is 209 g/mol. The van der Waals surface area contributed by atoms with Gasteiger partial charge >= 0.3 is 0 Å². The van der Waals surface area contributed by atoms with Gasteiger partial charge in [0.2, 0.25) is 5.78 Å². The van der Waals surface area contributed by atoms with E-state index in [4.69, 9.17) is 0 Å². The standard InChI is InChI=1S/C5H7NO2S.2ClH/c7-1-5(8)4-2-9-3-6-4;;/h1,4,6H,2-3H2;2*1H. The van der Waals surface area contributed by atoms with Crippen LogP contribution < -0.4 is 5.32 Å². The number of aldehydes is 1. The SMILES string of the molecule is Cl.Cl.O=CC(=O)C1CSCN1. The van der Waals surface area contributed by atoms with E-state index < -0.39 is 0 Å². The predicted octanol–water partition coefficient (Wildman–Crippen LogP) is 0.260. The van der Waals surface area contributed by atoms with Crippen molar-refractivity contribution in [2.24, 2.45) is 0 Å². The molecule has 1 atom stereocenters. The number of halogens is 2. The van der Waals surface area contributed by atoms with Crippen molar-refractivity contribution in [2.75, 3.05) is 11.6 Å². The lowest BCUT2D eigenvalue weighted by Gasteiger charge is -1.99. The molecule has 6 heteroatoms. The van der Waals surface area contributed by atoms with Crippen molar-refractivity contribution in [3.8, 4) is 0 Å². The van der Waals surface area contributed by atoms with Crippen molar-refractivity contribution in [3.63, 3.8) is 0 Å². The monoisotopic (exact) mass is 217 g/mol. The maximum atomic E-state index is 10.6. The first kappa shape index (κ1) is 13.8. The number of nitrogens with one attached hydrogen (secondary N) is 1. The second kappa shape index (κ2) is 6.91. The number of hydrogen-bond acceptors (Lipinski definition) is 4. The molecule has 0 spiro atoms. The van der Waals surface area contributed by atoms with Gasteiger partial charge in [-0.15, -0.1) is 36.6 Å².